The average Bonchev–Trinajstić information content (AvgIpc) is 2.29. The number of urea groups is 1. The smallest absolute Gasteiger partial charge is 0.328 e. The summed E-state index contributed by atoms with van der Waals surface area (Å²) in [5.74, 6) is -1.30. The molecule has 0 saturated heterocycles. The van der Waals surface area contributed by atoms with Gasteiger partial charge in [0.05, 0.1) is 18.0 Å². The molecule has 98 valence electrons. The van der Waals surface area contributed by atoms with Crippen LogP contribution in [0.1, 0.15) is 11.4 Å². The number of aliphatic carboxylic acids is 1. The Bertz CT molecular complexity index is 462. The van der Waals surface area contributed by atoms with Crippen molar-refractivity contribution in [2.75, 3.05) is 11.9 Å². The van der Waals surface area contributed by atoms with Gasteiger partial charge in [0.15, 0.2) is 6.04 Å². The summed E-state index contributed by atoms with van der Waals surface area (Å²) in [6.45, 7) is 2.88. The zero-order chi connectivity index (χ0) is 13.7. The van der Waals surface area contributed by atoms with Crippen molar-refractivity contribution in [3.05, 3.63) is 23.5 Å². The lowest BCUT2D eigenvalue weighted by molar-refractivity contribution is -0.140. The molecule has 7 nitrogen and oxygen atoms in total. The van der Waals surface area contributed by atoms with Gasteiger partial charge in [-0.3, -0.25) is 4.98 Å². The zero-order valence-corrected chi connectivity index (χ0v) is 10.1. The number of hydrogen-bond acceptors (Lipinski definition) is 4. The molecule has 1 rings (SSSR count). The van der Waals surface area contributed by atoms with E-state index in [1.165, 1.54) is 0 Å². The molecule has 0 radical (unpaired) electrons. The van der Waals surface area contributed by atoms with E-state index in [-0.39, 0.29) is 0 Å². The summed E-state index contributed by atoms with van der Waals surface area (Å²) in [5.41, 5.74) is 1.93. The molecule has 1 aromatic rings. The molecule has 1 atom stereocenters. The van der Waals surface area contributed by atoms with Crippen LogP contribution in [0.5, 0.6) is 0 Å². The SMILES string of the molecule is Cc1ccc(NC(=O)N[C@H](CO)C(=O)O)c(C)n1. The van der Waals surface area contributed by atoms with E-state index in [1.807, 2.05) is 6.92 Å². The van der Waals surface area contributed by atoms with Crippen molar-refractivity contribution in [1.82, 2.24) is 10.3 Å². The number of carbonyl (C=O) groups is 2. The van der Waals surface area contributed by atoms with Gasteiger partial charge >= 0.3 is 12.0 Å². The fourth-order valence-corrected chi connectivity index (χ4v) is 1.32. The molecule has 0 spiro atoms. The van der Waals surface area contributed by atoms with Crippen LogP contribution in [0, 0.1) is 13.8 Å². The maximum Gasteiger partial charge on any atom is 0.328 e. The van der Waals surface area contributed by atoms with Crippen molar-refractivity contribution in [1.29, 1.82) is 0 Å². The number of aliphatic hydroxyl groups excluding tert-OH is 1. The summed E-state index contributed by atoms with van der Waals surface area (Å²) in [7, 11) is 0. The largest absolute Gasteiger partial charge is 0.480 e. The number of nitrogens with one attached hydrogen (secondary N) is 2. The van der Waals surface area contributed by atoms with Gasteiger partial charge in [0.1, 0.15) is 0 Å². The molecular weight excluding hydrogens is 238 g/mol. The average molecular weight is 253 g/mol. The van der Waals surface area contributed by atoms with Crippen LogP contribution < -0.4 is 10.6 Å². The minimum atomic E-state index is -1.33. The summed E-state index contributed by atoms with van der Waals surface area (Å²) in [5, 5.41) is 22.0. The second kappa shape index (κ2) is 5.97. The molecule has 1 aromatic heterocycles. The molecule has 0 aliphatic carbocycles. The second-order valence-corrected chi connectivity index (χ2v) is 3.76. The molecule has 0 unspecified atom stereocenters. The highest BCUT2D eigenvalue weighted by Gasteiger charge is 2.18. The third-order valence-electron chi connectivity index (χ3n) is 2.26. The summed E-state index contributed by atoms with van der Waals surface area (Å²) >= 11 is 0. The highest BCUT2D eigenvalue weighted by Crippen LogP contribution is 2.12. The normalized spacial score (nSPS) is 11.7. The third-order valence-corrected chi connectivity index (χ3v) is 2.26. The Morgan fingerprint density at radius 1 is 1.39 bits per heavy atom. The number of rotatable bonds is 4. The predicted molar refractivity (Wildman–Crippen MR) is 64.4 cm³/mol. The van der Waals surface area contributed by atoms with Crippen molar-refractivity contribution >= 4 is 17.7 Å². The fraction of sp³-hybridized carbons (Fsp3) is 0.364. The predicted octanol–water partition coefficient (Wildman–Crippen LogP) is 0.265. The lowest BCUT2D eigenvalue weighted by atomic mass is 10.3. The molecule has 0 fully saturated rings. The molecule has 0 aliphatic rings. The van der Waals surface area contributed by atoms with Gasteiger partial charge in [0, 0.05) is 5.69 Å². The highest BCUT2D eigenvalue weighted by atomic mass is 16.4. The Kier molecular flexibility index (Phi) is 4.61. The van der Waals surface area contributed by atoms with Gasteiger partial charge in [0.2, 0.25) is 0 Å². The van der Waals surface area contributed by atoms with Crippen LogP contribution in [0.25, 0.3) is 0 Å². The number of nitrogens with zero attached hydrogens (tertiary/aromatic N) is 1. The number of carboxylic acid groups (broad SMARTS) is 1. The Morgan fingerprint density at radius 2 is 2.06 bits per heavy atom. The summed E-state index contributed by atoms with van der Waals surface area (Å²) in [4.78, 5) is 26.3. The first-order valence-corrected chi connectivity index (χ1v) is 5.29. The summed E-state index contributed by atoms with van der Waals surface area (Å²) < 4.78 is 0. The van der Waals surface area contributed by atoms with Gasteiger partial charge in [-0.15, -0.1) is 0 Å². The molecular formula is C11H15N3O4. The maximum absolute atomic E-state index is 11.5. The van der Waals surface area contributed by atoms with Gasteiger partial charge in [-0.1, -0.05) is 0 Å². The first-order valence-electron chi connectivity index (χ1n) is 5.29. The summed E-state index contributed by atoms with van der Waals surface area (Å²) in [6, 6.07) is 1.36. The molecule has 18 heavy (non-hydrogen) atoms. The van der Waals surface area contributed by atoms with Crippen LogP contribution in [0.2, 0.25) is 0 Å². The van der Waals surface area contributed by atoms with Crippen LogP contribution in [0.3, 0.4) is 0 Å². The van der Waals surface area contributed by atoms with E-state index in [1.54, 1.807) is 19.1 Å². The van der Waals surface area contributed by atoms with Crippen LogP contribution in [-0.4, -0.2) is 39.8 Å². The van der Waals surface area contributed by atoms with Crippen molar-refractivity contribution in [3.8, 4) is 0 Å². The third kappa shape index (κ3) is 3.70. The molecule has 7 heteroatoms. The van der Waals surface area contributed by atoms with E-state index in [4.69, 9.17) is 10.2 Å². The number of aliphatic hydroxyl groups is 1. The van der Waals surface area contributed by atoms with Crippen molar-refractivity contribution < 1.29 is 19.8 Å². The molecule has 1 heterocycles. The number of aromatic nitrogens is 1. The number of carboxylic acids is 1. The molecule has 2 amide bonds. The standard InChI is InChI=1S/C11H15N3O4/c1-6-3-4-8(7(2)12-6)13-11(18)14-9(5-15)10(16)17/h3-4,9,15H,5H2,1-2H3,(H,16,17)(H2,13,14,18)/t9-/m1/s1. The monoisotopic (exact) mass is 253 g/mol. The number of pyridine rings is 1. The second-order valence-electron chi connectivity index (χ2n) is 3.76. The fourth-order valence-electron chi connectivity index (χ4n) is 1.32. The number of amides is 2. The Hall–Kier alpha value is -2.15. The van der Waals surface area contributed by atoms with Crippen LogP contribution >= 0.6 is 0 Å². The number of aryl methyl sites for hydroxylation is 2. The Morgan fingerprint density at radius 3 is 2.56 bits per heavy atom. The van der Waals surface area contributed by atoms with E-state index in [0.29, 0.717) is 11.4 Å². The minimum absolute atomic E-state index is 0.486. The maximum atomic E-state index is 11.5. The van der Waals surface area contributed by atoms with Gasteiger partial charge in [-0.2, -0.15) is 0 Å². The van der Waals surface area contributed by atoms with E-state index in [9.17, 15) is 9.59 Å². The van der Waals surface area contributed by atoms with E-state index >= 15 is 0 Å². The lowest BCUT2D eigenvalue weighted by Crippen LogP contribution is -2.45. The minimum Gasteiger partial charge on any atom is -0.480 e. The first kappa shape index (κ1) is 13.9. The summed E-state index contributed by atoms with van der Waals surface area (Å²) in [6.07, 6.45) is 0. The van der Waals surface area contributed by atoms with E-state index in [0.717, 1.165) is 5.69 Å². The van der Waals surface area contributed by atoms with Gasteiger partial charge < -0.3 is 20.8 Å². The lowest BCUT2D eigenvalue weighted by Gasteiger charge is -2.13. The van der Waals surface area contributed by atoms with Crippen molar-refractivity contribution in [3.63, 3.8) is 0 Å². The topological polar surface area (TPSA) is 112 Å². The Labute approximate surface area is 104 Å². The molecule has 0 bridgehead atoms. The number of anilines is 1. The van der Waals surface area contributed by atoms with Crippen LogP contribution in [0.15, 0.2) is 12.1 Å². The zero-order valence-electron chi connectivity index (χ0n) is 10.1. The van der Waals surface area contributed by atoms with Gasteiger partial charge in [0.25, 0.3) is 0 Å². The molecule has 0 aromatic carbocycles. The Balaban J connectivity index is 2.67. The van der Waals surface area contributed by atoms with Crippen molar-refractivity contribution in [2.45, 2.75) is 19.9 Å². The molecule has 0 saturated carbocycles. The van der Waals surface area contributed by atoms with Crippen LogP contribution in [0.4, 0.5) is 10.5 Å². The van der Waals surface area contributed by atoms with Gasteiger partial charge in [-0.25, -0.2) is 9.59 Å². The quantitative estimate of drug-likeness (QED) is 0.615. The molecule has 0 aliphatic heterocycles. The first-order chi connectivity index (χ1) is 8.43. The van der Waals surface area contributed by atoms with E-state index < -0.39 is 24.6 Å². The van der Waals surface area contributed by atoms with Crippen molar-refractivity contribution in [2.24, 2.45) is 0 Å². The van der Waals surface area contributed by atoms with Gasteiger partial charge in [-0.05, 0) is 26.0 Å². The van der Waals surface area contributed by atoms with Crippen LogP contribution in [-0.2, 0) is 4.79 Å². The number of hydrogen-bond donors (Lipinski definition) is 4. The highest BCUT2D eigenvalue weighted by molar-refractivity contribution is 5.92. The number of carbonyl (C=O) groups excluding carboxylic acids is 1. The molecule has 4 N–H and O–H groups in total. The van der Waals surface area contributed by atoms with E-state index in [2.05, 4.69) is 15.6 Å².